The highest BCUT2D eigenvalue weighted by atomic mass is 79.9. The van der Waals surface area contributed by atoms with Crippen LogP contribution in [0.15, 0.2) is 36.4 Å². The molecule has 1 aliphatic heterocycles. The van der Waals surface area contributed by atoms with Gasteiger partial charge < -0.3 is 9.47 Å². The number of hydrogen-bond acceptors (Lipinski definition) is 3. The maximum atomic E-state index is 12.6. The third kappa shape index (κ3) is 2.89. The van der Waals surface area contributed by atoms with Crippen LogP contribution in [0.25, 0.3) is 0 Å². The average Bonchev–Trinajstić information content (AvgIpc) is 2.95. The fraction of sp³-hybridized carbons (Fsp3) is 0.133. The molecule has 0 fully saturated rings. The lowest BCUT2D eigenvalue weighted by atomic mass is 10.0. The van der Waals surface area contributed by atoms with Crippen molar-refractivity contribution in [3.63, 3.8) is 0 Å². The number of carbonyl (C=O) groups excluding carboxylic acids is 1. The molecule has 1 aliphatic rings. The second kappa shape index (κ2) is 5.87. The van der Waals surface area contributed by atoms with Crippen LogP contribution in [0, 0.1) is 0 Å². The van der Waals surface area contributed by atoms with E-state index >= 15 is 0 Å². The molecule has 0 amide bonds. The quantitative estimate of drug-likeness (QED) is 0.546. The molecule has 1 atom stereocenters. The van der Waals surface area contributed by atoms with Crippen LogP contribution in [-0.4, -0.2) is 12.6 Å². The number of ether oxygens (including phenoxy) is 2. The number of rotatable bonds is 3. The number of fused-ring (bicyclic) bond motifs is 1. The Morgan fingerprint density at radius 3 is 2.67 bits per heavy atom. The van der Waals surface area contributed by atoms with Crippen LogP contribution in [-0.2, 0) is 0 Å². The number of alkyl halides is 1. The monoisotopic (exact) mass is 386 g/mol. The Bertz CT molecular complexity index is 718. The summed E-state index contributed by atoms with van der Waals surface area (Å²) in [5, 5.41) is 1.01. The van der Waals surface area contributed by atoms with Crippen molar-refractivity contribution in [3.05, 3.63) is 57.6 Å². The molecular weight excluding hydrogens is 379 g/mol. The van der Waals surface area contributed by atoms with Crippen molar-refractivity contribution >= 4 is 44.9 Å². The first-order valence-electron chi connectivity index (χ1n) is 6.09. The van der Waals surface area contributed by atoms with Crippen molar-refractivity contribution in [2.45, 2.75) is 4.83 Å². The molecule has 0 N–H and O–H groups in total. The van der Waals surface area contributed by atoms with Gasteiger partial charge in [-0.3, -0.25) is 4.79 Å². The Labute approximate surface area is 139 Å². The van der Waals surface area contributed by atoms with Gasteiger partial charge in [0.15, 0.2) is 17.3 Å². The minimum atomic E-state index is -0.580. The number of Topliss-reactive ketones (excluding diaryl/α,β-unsaturated/α-hetero) is 1. The maximum absolute atomic E-state index is 12.6. The predicted molar refractivity (Wildman–Crippen MR) is 85.0 cm³/mol. The van der Waals surface area contributed by atoms with Crippen LogP contribution in [0.1, 0.15) is 20.7 Å². The summed E-state index contributed by atoms with van der Waals surface area (Å²) in [6.45, 7) is 0.171. The highest BCUT2D eigenvalue weighted by Gasteiger charge is 2.24. The molecule has 1 heterocycles. The molecular formula is C15H9BrCl2O3. The molecule has 0 saturated carbocycles. The van der Waals surface area contributed by atoms with Gasteiger partial charge in [0.05, 0.1) is 0 Å². The molecule has 21 heavy (non-hydrogen) atoms. The van der Waals surface area contributed by atoms with Gasteiger partial charge in [0.2, 0.25) is 6.79 Å². The van der Waals surface area contributed by atoms with Crippen molar-refractivity contribution in [2.75, 3.05) is 6.79 Å². The largest absolute Gasteiger partial charge is 0.454 e. The van der Waals surface area contributed by atoms with Crippen LogP contribution < -0.4 is 9.47 Å². The van der Waals surface area contributed by atoms with Gasteiger partial charge in [-0.25, -0.2) is 0 Å². The fourth-order valence-corrected chi connectivity index (χ4v) is 3.23. The van der Waals surface area contributed by atoms with E-state index in [9.17, 15) is 4.79 Å². The van der Waals surface area contributed by atoms with Crippen molar-refractivity contribution in [1.82, 2.24) is 0 Å². The zero-order valence-electron chi connectivity index (χ0n) is 10.6. The van der Waals surface area contributed by atoms with Crippen LogP contribution in [0.4, 0.5) is 0 Å². The lowest BCUT2D eigenvalue weighted by molar-refractivity contribution is 0.0991. The minimum absolute atomic E-state index is 0.127. The summed E-state index contributed by atoms with van der Waals surface area (Å²) < 4.78 is 10.5. The molecule has 0 aromatic heterocycles. The smallest absolute Gasteiger partial charge is 0.231 e. The molecule has 2 aromatic rings. The van der Waals surface area contributed by atoms with Gasteiger partial charge in [-0.1, -0.05) is 39.1 Å². The highest BCUT2D eigenvalue weighted by Crippen LogP contribution is 2.37. The Hall–Kier alpha value is -1.23. The summed E-state index contributed by atoms with van der Waals surface area (Å²) in [7, 11) is 0. The molecule has 0 saturated heterocycles. The molecule has 1 unspecified atom stereocenters. The Balaban J connectivity index is 1.92. The van der Waals surface area contributed by atoms with Crippen molar-refractivity contribution < 1.29 is 14.3 Å². The molecule has 2 aromatic carbocycles. The van der Waals surface area contributed by atoms with Gasteiger partial charge in [0.1, 0.15) is 4.83 Å². The Kier molecular flexibility index (Phi) is 4.11. The van der Waals surface area contributed by atoms with E-state index < -0.39 is 4.83 Å². The van der Waals surface area contributed by atoms with E-state index in [4.69, 9.17) is 32.7 Å². The summed E-state index contributed by atoms with van der Waals surface area (Å²) >= 11 is 15.5. The lowest BCUT2D eigenvalue weighted by Gasteiger charge is -2.12. The van der Waals surface area contributed by atoms with Crippen molar-refractivity contribution in [1.29, 1.82) is 0 Å². The second-order valence-electron chi connectivity index (χ2n) is 4.46. The first-order chi connectivity index (χ1) is 10.1. The molecule has 108 valence electrons. The van der Waals surface area contributed by atoms with E-state index in [1.54, 1.807) is 36.4 Å². The zero-order valence-corrected chi connectivity index (χ0v) is 13.7. The third-order valence-electron chi connectivity index (χ3n) is 3.12. The second-order valence-corrected chi connectivity index (χ2v) is 6.22. The molecule has 0 radical (unpaired) electrons. The summed E-state index contributed by atoms with van der Waals surface area (Å²) in [4.78, 5) is 12.0. The average molecular weight is 388 g/mol. The van der Waals surface area contributed by atoms with Gasteiger partial charge in [-0.15, -0.1) is 0 Å². The van der Waals surface area contributed by atoms with Gasteiger partial charge in [0.25, 0.3) is 0 Å². The van der Waals surface area contributed by atoms with Gasteiger partial charge >= 0.3 is 0 Å². The topological polar surface area (TPSA) is 35.5 Å². The van der Waals surface area contributed by atoms with E-state index in [1.165, 1.54) is 0 Å². The summed E-state index contributed by atoms with van der Waals surface area (Å²) in [5.74, 6) is 1.08. The van der Waals surface area contributed by atoms with E-state index in [0.29, 0.717) is 32.7 Å². The van der Waals surface area contributed by atoms with E-state index in [0.717, 1.165) is 0 Å². The van der Waals surface area contributed by atoms with Crippen LogP contribution >= 0.6 is 39.1 Å². The predicted octanol–water partition coefficient (Wildman–Crippen LogP) is 5.04. The van der Waals surface area contributed by atoms with Gasteiger partial charge in [0, 0.05) is 15.6 Å². The van der Waals surface area contributed by atoms with Crippen molar-refractivity contribution in [3.8, 4) is 11.5 Å². The maximum Gasteiger partial charge on any atom is 0.231 e. The Morgan fingerprint density at radius 2 is 1.86 bits per heavy atom. The summed E-state index contributed by atoms with van der Waals surface area (Å²) in [6.07, 6.45) is 0. The first kappa shape index (κ1) is 14.7. The summed E-state index contributed by atoms with van der Waals surface area (Å²) in [5.41, 5.74) is 1.14. The zero-order chi connectivity index (χ0) is 15.0. The summed E-state index contributed by atoms with van der Waals surface area (Å²) in [6, 6.07) is 10.1. The van der Waals surface area contributed by atoms with E-state index in [-0.39, 0.29) is 12.6 Å². The fourth-order valence-electron chi connectivity index (χ4n) is 2.05. The standard InChI is InChI=1S/C15H9BrCl2O3/c16-14(10-6-9(17)2-3-11(10)18)15(19)8-1-4-12-13(5-8)21-7-20-12/h1-6,14H,7H2. The number of halogens is 3. The number of benzene rings is 2. The van der Waals surface area contributed by atoms with E-state index in [2.05, 4.69) is 15.9 Å². The number of ketones is 1. The van der Waals surface area contributed by atoms with Crippen LogP contribution in [0.5, 0.6) is 11.5 Å². The lowest BCUT2D eigenvalue weighted by Crippen LogP contribution is -2.07. The molecule has 0 spiro atoms. The van der Waals surface area contributed by atoms with Crippen LogP contribution in [0.2, 0.25) is 10.0 Å². The third-order valence-corrected chi connectivity index (χ3v) is 4.61. The molecule has 0 aliphatic carbocycles. The normalized spacial score (nSPS) is 14.0. The minimum Gasteiger partial charge on any atom is -0.454 e. The van der Waals surface area contributed by atoms with Gasteiger partial charge in [-0.2, -0.15) is 0 Å². The highest BCUT2D eigenvalue weighted by molar-refractivity contribution is 9.09. The molecule has 0 bridgehead atoms. The van der Waals surface area contributed by atoms with Crippen molar-refractivity contribution in [2.24, 2.45) is 0 Å². The SMILES string of the molecule is O=C(c1ccc2c(c1)OCO2)C(Br)c1cc(Cl)ccc1Cl. The molecule has 6 heteroatoms. The number of carbonyl (C=O) groups is 1. The Morgan fingerprint density at radius 1 is 1.10 bits per heavy atom. The molecule has 3 nitrogen and oxygen atoms in total. The first-order valence-corrected chi connectivity index (χ1v) is 7.76. The van der Waals surface area contributed by atoms with E-state index in [1.807, 2.05) is 0 Å². The van der Waals surface area contributed by atoms with Gasteiger partial charge in [-0.05, 0) is 42.0 Å². The number of hydrogen-bond donors (Lipinski definition) is 0. The van der Waals surface area contributed by atoms with Crippen LogP contribution in [0.3, 0.4) is 0 Å². The molecule has 3 rings (SSSR count).